The highest BCUT2D eigenvalue weighted by Crippen LogP contribution is 2.33. The minimum absolute atomic E-state index is 0.634. The fourth-order valence-corrected chi connectivity index (χ4v) is 4.27. The van der Waals surface area contributed by atoms with Gasteiger partial charge in [-0.2, -0.15) is 0 Å². The maximum Gasteiger partial charge on any atom is 0.0825 e. The molecule has 0 radical (unpaired) electrons. The Hall–Kier alpha value is -1.42. The van der Waals surface area contributed by atoms with E-state index < -0.39 is 0 Å². The second kappa shape index (κ2) is 7.45. The monoisotopic (exact) mass is 375 g/mol. The van der Waals surface area contributed by atoms with E-state index in [-0.39, 0.29) is 0 Å². The third-order valence-electron chi connectivity index (χ3n) is 5.31. The summed E-state index contributed by atoms with van der Waals surface area (Å²) >= 11 is 12.5. The lowest BCUT2D eigenvalue weighted by atomic mass is 10.2. The van der Waals surface area contributed by atoms with Crippen LogP contribution in [-0.2, 0) is 6.42 Å². The van der Waals surface area contributed by atoms with Gasteiger partial charge in [0.1, 0.15) is 0 Å². The van der Waals surface area contributed by atoms with Gasteiger partial charge in [-0.25, -0.2) is 0 Å². The van der Waals surface area contributed by atoms with E-state index in [0.29, 0.717) is 10.0 Å². The van der Waals surface area contributed by atoms with Gasteiger partial charge in [-0.1, -0.05) is 47.5 Å². The largest absolute Gasteiger partial charge is 0.370 e. The highest BCUT2D eigenvalue weighted by Gasteiger charge is 2.22. The third kappa shape index (κ3) is 3.59. The highest BCUT2D eigenvalue weighted by atomic mass is 35.5. The minimum Gasteiger partial charge on any atom is -0.370 e. The Morgan fingerprint density at radius 2 is 1.52 bits per heavy atom. The highest BCUT2D eigenvalue weighted by molar-refractivity contribution is 6.43. The first-order valence-electron chi connectivity index (χ1n) is 8.96. The van der Waals surface area contributed by atoms with Crippen LogP contribution in [0.1, 0.15) is 5.56 Å². The SMILES string of the molecule is Clc1cccc(N2CCN(CCN3CCc4ccccc43)CC2)c1Cl. The van der Waals surface area contributed by atoms with Crippen molar-refractivity contribution >= 4 is 34.6 Å². The molecule has 0 atom stereocenters. The van der Waals surface area contributed by atoms with Gasteiger partial charge in [-0.05, 0) is 30.2 Å². The van der Waals surface area contributed by atoms with Crippen LogP contribution in [0.3, 0.4) is 0 Å². The Morgan fingerprint density at radius 1 is 0.760 bits per heavy atom. The van der Waals surface area contributed by atoms with Crippen LogP contribution in [-0.4, -0.2) is 50.7 Å². The molecule has 0 unspecified atom stereocenters. The molecule has 5 heteroatoms. The average molecular weight is 376 g/mol. The average Bonchev–Trinajstić information content (AvgIpc) is 3.06. The number of rotatable bonds is 4. The first-order valence-corrected chi connectivity index (χ1v) is 9.72. The van der Waals surface area contributed by atoms with Gasteiger partial charge in [0.2, 0.25) is 0 Å². The van der Waals surface area contributed by atoms with E-state index in [0.717, 1.165) is 51.5 Å². The van der Waals surface area contributed by atoms with Crippen molar-refractivity contribution in [3.05, 3.63) is 58.1 Å². The first kappa shape index (κ1) is 17.0. The van der Waals surface area contributed by atoms with Crippen molar-refractivity contribution in [1.29, 1.82) is 0 Å². The molecule has 2 aliphatic heterocycles. The van der Waals surface area contributed by atoms with E-state index in [1.165, 1.54) is 17.7 Å². The quantitative estimate of drug-likeness (QED) is 0.793. The lowest BCUT2D eigenvalue weighted by Gasteiger charge is -2.37. The van der Waals surface area contributed by atoms with Crippen LogP contribution in [0, 0.1) is 0 Å². The Bertz CT molecular complexity index is 741. The molecule has 1 fully saturated rings. The number of fused-ring (bicyclic) bond motifs is 1. The fraction of sp³-hybridized carbons (Fsp3) is 0.400. The second-order valence-electron chi connectivity index (χ2n) is 6.77. The maximum atomic E-state index is 6.36. The van der Waals surface area contributed by atoms with Gasteiger partial charge in [0.15, 0.2) is 0 Å². The zero-order valence-electron chi connectivity index (χ0n) is 14.3. The van der Waals surface area contributed by atoms with Crippen molar-refractivity contribution in [2.45, 2.75) is 6.42 Å². The summed E-state index contributed by atoms with van der Waals surface area (Å²) in [6, 6.07) is 14.7. The Balaban J connectivity index is 1.30. The lowest BCUT2D eigenvalue weighted by Crippen LogP contribution is -2.48. The number of hydrogen-bond acceptors (Lipinski definition) is 3. The van der Waals surface area contributed by atoms with Gasteiger partial charge in [0.25, 0.3) is 0 Å². The van der Waals surface area contributed by atoms with E-state index in [2.05, 4.69) is 45.0 Å². The summed E-state index contributed by atoms with van der Waals surface area (Å²) in [5.74, 6) is 0. The molecule has 2 aliphatic rings. The molecular formula is C20H23Cl2N3. The van der Waals surface area contributed by atoms with Gasteiger partial charge in [-0.15, -0.1) is 0 Å². The van der Waals surface area contributed by atoms with Crippen molar-refractivity contribution in [3.63, 3.8) is 0 Å². The molecule has 0 N–H and O–H groups in total. The third-order valence-corrected chi connectivity index (χ3v) is 6.12. The Labute approximate surface area is 159 Å². The molecule has 0 saturated carbocycles. The van der Waals surface area contributed by atoms with E-state index >= 15 is 0 Å². The van der Waals surface area contributed by atoms with E-state index in [4.69, 9.17) is 23.2 Å². The smallest absolute Gasteiger partial charge is 0.0825 e. The van der Waals surface area contributed by atoms with Crippen LogP contribution < -0.4 is 9.80 Å². The van der Waals surface area contributed by atoms with Gasteiger partial charge in [-0.3, -0.25) is 4.90 Å². The number of hydrogen-bond donors (Lipinski definition) is 0. The fourth-order valence-electron chi connectivity index (χ4n) is 3.85. The van der Waals surface area contributed by atoms with Gasteiger partial charge >= 0.3 is 0 Å². The molecule has 0 amide bonds. The van der Waals surface area contributed by atoms with Crippen LogP contribution in [0.5, 0.6) is 0 Å². The number of para-hydroxylation sites is 1. The van der Waals surface area contributed by atoms with Gasteiger partial charge < -0.3 is 9.80 Å². The Morgan fingerprint density at radius 3 is 2.36 bits per heavy atom. The summed E-state index contributed by atoms with van der Waals surface area (Å²) in [5, 5.41) is 1.31. The minimum atomic E-state index is 0.634. The number of anilines is 2. The molecule has 2 heterocycles. The van der Waals surface area contributed by atoms with E-state index in [1.807, 2.05) is 12.1 Å². The van der Waals surface area contributed by atoms with Crippen molar-refractivity contribution in [2.24, 2.45) is 0 Å². The summed E-state index contributed by atoms with van der Waals surface area (Å²) in [5.41, 5.74) is 3.97. The van der Waals surface area contributed by atoms with Crippen molar-refractivity contribution in [3.8, 4) is 0 Å². The second-order valence-corrected chi connectivity index (χ2v) is 7.55. The molecule has 1 saturated heterocycles. The number of nitrogens with zero attached hydrogens (tertiary/aromatic N) is 3. The predicted octanol–water partition coefficient (Wildman–Crippen LogP) is 4.18. The van der Waals surface area contributed by atoms with Crippen molar-refractivity contribution in [2.75, 3.05) is 55.6 Å². The molecule has 3 nitrogen and oxygen atoms in total. The van der Waals surface area contributed by atoms with E-state index in [9.17, 15) is 0 Å². The molecular weight excluding hydrogens is 353 g/mol. The molecule has 0 bridgehead atoms. The van der Waals surface area contributed by atoms with Crippen LogP contribution in [0.2, 0.25) is 10.0 Å². The summed E-state index contributed by atoms with van der Waals surface area (Å²) in [6.45, 7) is 7.50. The summed E-state index contributed by atoms with van der Waals surface area (Å²) in [4.78, 5) is 7.42. The van der Waals surface area contributed by atoms with Crippen LogP contribution >= 0.6 is 23.2 Å². The number of benzene rings is 2. The maximum absolute atomic E-state index is 6.36. The normalized spacial score (nSPS) is 17.8. The van der Waals surface area contributed by atoms with Crippen LogP contribution in [0.4, 0.5) is 11.4 Å². The van der Waals surface area contributed by atoms with Gasteiger partial charge in [0.05, 0.1) is 15.7 Å². The van der Waals surface area contributed by atoms with Crippen molar-refractivity contribution in [1.82, 2.24) is 4.90 Å². The predicted molar refractivity (Wildman–Crippen MR) is 107 cm³/mol. The summed E-state index contributed by atoms with van der Waals surface area (Å²) < 4.78 is 0. The van der Waals surface area contributed by atoms with Crippen molar-refractivity contribution < 1.29 is 0 Å². The summed E-state index contributed by atoms with van der Waals surface area (Å²) in [6.07, 6.45) is 1.18. The number of piperazine rings is 1. The topological polar surface area (TPSA) is 9.72 Å². The zero-order valence-corrected chi connectivity index (χ0v) is 15.8. The molecule has 4 rings (SSSR count). The molecule has 0 spiro atoms. The van der Waals surface area contributed by atoms with Gasteiger partial charge in [0, 0.05) is 51.5 Å². The molecule has 2 aromatic carbocycles. The molecule has 25 heavy (non-hydrogen) atoms. The molecule has 0 aromatic heterocycles. The Kier molecular flexibility index (Phi) is 5.07. The van der Waals surface area contributed by atoms with Crippen LogP contribution in [0.15, 0.2) is 42.5 Å². The van der Waals surface area contributed by atoms with Crippen LogP contribution in [0.25, 0.3) is 0 Å². The lowest BCUT2D eigenvalue weighted by molar-refractivity contribution is 0.263. The molecule has 2 aromatic rings. The zero-order chi connectivity index (χ0) is 17.2. The molecule has 0 aliphatic carbocycles. The van der Waals surface area contributed by atoms with E-state index in [1.54, 1.807) is 0 Å². The molecule has 132 valence electrons. The first-order chi connectivity index (χ1) is 12.2. The number of halogens is 2. The summed E-state index contributed by atoms with van der Waals surface area (Å²) in [7, 11) is 0. The standard InChI is InChI=1S/C20H23Cl2N3/c21-17-5-3-7-19(20(17)22)25-14-11-23(12-15-25)10-13-24-9-8-16-4-1-2-6-18(16)24/h1-7H,8-15H2.